The number of aromatic nitrogens is 4. The van der Waals surface area contributed by atoms with Gasteiger partial charge >= 0.3 is 0 Å². The summed E-state index contributed by atoms with van der Waals surface area (Å²) in [5, 5.41) is 12.6. The van der Waals surface area contributed by atoms with E-state index < -0.39 is 0 Å². The average Bonchev–Trinajstić information content (AvgIpc) is 2.75. The molecule has 0 aliphatic heterocycles. The third-order valence-corrected chi connectivity index (χ3v) is 5.06. The molecule has 4 fully saturated rings. The van der Waals surface area contributed by atoms with Crippen LogP contribution in [0.25, 0.3) is 0 Å². The molecule has 4 aliphatic rings. The number of nitrogens with two attached hydrogens (primary N) is 2. The Morgan fingerprint density at radius 3 is 2.21 bits per heavy atom. The minimum atomic E-state index is -0.0231. The SMILES string of the molecule is NC(N)=Nc1nnn(C23CC4CC(CC(C4)C2)C3)n1. The third-order valence-electron chi connectivity index (χ3n) is 5.06. The molecular weight excluding hydrogens is 242 g/mol. The van der Waals surface area contributed by atoms with E-state index in [0.717, 1.165) is 17.8 Å². The minimum Gasteiger partial charge on any atom is -0.370 e. The monoisotopic (exact) mass is 261 g/mol. The summed E-state index contributed by atoms with van der Waals surface area (Å²) in [4.78, 5) is 5.68. The largest absolute Gasteiger partial charge is 0.370 e. The van der Waals surface area contributed by atoms with E-state index in [2.05, 4.69) is 20.4 Å². The van der Waals surface area contributed by atoms with Gasteiger partial charge < -0.3 is 11.5 Å². The highest BCUT2D eigenvalue weighted by Gasteiger charge is 2.53. The number of hydrogen-bond donors (Lipinski definition) is 2. The summed E-state index contributed by atoms with van der Waals surface area (Å²) in [6.07, 6.45) is 7.77. The molecule has 0 saturated heterocycles. The van der Waals surface area contributed by atoms with Crippen molar-refractivity contribution in [3.05, 3.63) is 0 Å². The fourth-order valence-electron chi connectivity index (χ4n) is 4.88. The van der Waals surface area contributed by atoms with E-state index in [1.54, 1.807) is 4.80 Å². The number of hydrogen-bond acceptors (Lipinski definition) is 4. The Labute approximate surface area is 111 Å². The normalized spacial score (nSPS) is 39.5. The van der Waals surface area contributed by atoms with Gasteiger partial charge in [0.25, 0.3) is 5.95 Å². The van der Waals surface area contributed by atoms with Gasteiger partial charge in [-0.05, 0) is 61.5 Å². The van der Waals surface area contributed by atoms with Gasteiger partial charge in [0, 0.05) is 0 Å². The van der Waals surface area contributed by atoms with Crippen molar-refractivity contribution in [1.82, 2.24) is 20.2 Å². The fourth-order valence-corrected chi connectivity index (χ4v) is 4.88. The predicted molar refractivity (Wildman–Crippen MR) is 69.4 cm³/mol. The summed E-state index contributed by atoms with van der Waals surface area (Å²) in [5.41, 5.74) is 10.8. The van der Waals surface area contributed by atoms with Crippen molar-refractivity contribution in [3.63, 3.8) is 0 Å². The molecule has 0 radical (unpaired) electrons. The minimum absolute atomic E-state index is 0.0231. The van der Waals surface area contributed by atoms with Crippen LogP contribution >= 0.6 is 0 Å². The van der Waals surface area contributed by atoms with Crippen molar-refractivity contribution < 1.29 is 0 Å². The highest BCUT2D eigenvalue weighted by molar-refractivity contribution is 5.77. The number of guanidine groups is 1. The lowest BCUT2D eigenvalue weighted by atomic mass is 9.53. The molecule has 7 nitrogen and oxygen atoms in total. The van der Waals surface area contributed by atoms with E-state index in [4.69, 9.17) is 11.5 Å². The Morgan fingerprint density at radius 1 is 1.11 bits per heavy atom. The quantitative estimate of drug-likeness (QED) is 0.595. The van der Waals surface area contributed by atoms with Crippen LogP contribution < -0.4 is 11.5 Å². The topological polar surface area (TPSA) is 108 Å². The Balaban J connectivity index is 1.68. The van der Waals surface area contributed by atoms with E-state index in [9.17, 15) is 0 Å². The lowest BCUT2D eigenvalue weighted by molar-refractivity contribution is -0.0573. The second kappa shape index (κ2) is 3.68. The molecule has 102 valence electrons. The van der Waals surface area contributed by atoms with Gasteiger partial charge in [-0.25, -0.2) is 0 Å². The van der Waals surface area contributed by atoms with Crippen LogP contribution in [0.4, 0.5) is 5.95 Å². The molecule has 4 N–H and O–H groups in total. The molecule has 1 aromatic heterocycles. The van der Waals surface area contributed by atoms with Crippen molar-refractivity contribution >= 4 is 11.9 Å². The summed E-state index contributed by atoms with van der Waals surface area (Å²) in [6.45, 7) is 0. The number of aliphatic imine (C=N–C) groups is 1. The van der Waals surface area contributed by atoms with Gasteiger partial charge in [0.1, 0.15) is 0 Å². The summed E-state index contributed by atoms with van der Waals surface area (Å²) in [5.74, 6) is 2.80. The molecule has 1 aromatic rings. The van der Waals surface area contributed by atoms with Gasteiger partial charge in [-0.15, -0.1) is 5.10 Å². The van der Waals surface area contributed by atoms with Crippen LogP contribution in [0.2, 0.25) is 0 Å². The summed E-state index contributed by atoms with van der Waals surface area (Å²) < 4.78 is 0. The highest BCUT2D eigenvalue weighted by Crippen LogP contribution is 2.58. The first-order valence-corrected chi connectivity index (χ1v) is 7.03. The molecule has 0 aromatic carbocycles. The van der Waals surface area contributed by atoms with Crippen LogP contribution in [0.3, 0.4) is 0 Å². The van der Waals surface area contributed by atoms with Crippen molar-refractivity contribution in [3.8, 4) is 0 Å². The predicted octanol–water partition coefficient (Wildman–Crippen LogP) is 0.503. The summed E-state index contributed by atoms with van der Waals surface area (Å²) in [7, 11) is 0. The lowest BCUT2D eigenvalue weighted by Gasteiger charge is -2.55. The first-order valence-electron chi connectivity index (χ1n) is 7.03. The summed E-state index contributed by atoms with van der Waals surface area (Å²) in [6, 6.07) is 0. The van der Waals surface area contributed by atoms with Crippen LogP contribution in [-0.4, -0.2) is 26.2 Å². The highest BCUT2D eigenvalue weighted by atomic mass is 15.6. The molecule has 5 rings (SSSR count). The zero-order valence-corrected chi connectivity index (χ0v) is 10.9. The first kappa shape index (κ1) is 11.2. The molecule has 0 amide bonds. The number of nitrogens with zero attached hydrogens (tertiary/aromatic N) is 5. The lowest BCUT2D eigenvalue weighted by Crippen LogP contribution is -2.52. The van der Waals surface area contributed by atoms with Gasteiger partial charge in [0.15, 0.2) is 5.96 Å². The molecule has 1 heterocycles. The Hall–Kier alpha value is -1.66. The van der Waals surface area contributed by atoms with Crippen LogP contribution in [0, 0.1) is 17.8 Å². The second-order valence-electron chi connectivity index (χ2n) is 6.56. The second-order valence-corrected chi connectivity index (χ2v) is 6.56. The van der Waals surface area contributed by atoms with E-state index >= 15 is 0 Å². The zero-order valence-electron chi connectivity index (χ0n) is 10.9. The van der Waals surface area contributed by atoms with Crippen molar-refractivity contribution in [2.75, 3.05) is 0 Å². The van der Waals surface area contributed by atoms with Gasteiger partial charge in [-0.1, -0.05) is 5.10 Å². The maximum atomic E-state index is 5.35. The van der Waals surface area contributed by atoms with Crippen LogP contribution in [0.1, 0.15) is 38.5 Å². The molecule has 7 heteroatoms. The Kier molecular flexibility index (Phi) is 2.17. The average molecular weight is 261 g/mol. The van der Waals surface area contributed by atoms with E-state index in [-0.39, 0.29) is 17.4 Å². The molecule has 4 aliphatic carbocycles. The molecule has 0 unspecified atom stereocenters. The van der Waals surface area contributed by atoms with E-state index in [1.807, 2.05) is 0 Å². The maximum Gasteiger partial charge on any atom is 0.292 e. The smallest absolute Gasteiger partial charge is 0.292 e. The van der Waals surface area contributed by atoms with Gasteiger partial charge in [-0.3, -0.25) is 0 Å². The first-order chi connectivity index (χ1) is 9.13. The van der Waals surface area contributed by atoms with Crippen LogP contribution in [-0.2, 0) is 5.54 Å². The van der Waals surface area contributed by atoms with Crippen molar-refractivity contribution in [2.45, 2.75) is 44.1 Å². The molecule has 4 saturated carbocycles. The Bertz CT molecular complexity index is 493. The zero-order chi connectivity index (χ0) is 13.0. The van der Waals surface area contributed by atoms with E-state index in [1.165, 1.54) is 38.5 Å². The van der Waals surface area contributed by atoms with Crippen LogP contribution in [0.15, 0.2) is 4.99 Å². The van der Waals surface area contributed by atoms with Gasteiger partial charge in [-0.2, -0.15) is 9.79 Å². The third kappa shape index (κ3) is 1.71. The molecule has 0 spiro atoms. The van der Waals surface area contributed by atoms with Gasteiger partial charge in [0.2, 0.25) is 0 Å². The number of tetrazole rings is 1. The van der Waals surface area contributed by atoms with Crippen molar-refractivity contribution in [1.29, 1.82) is 0 Å². The van der Waals surface area contributed by atoms with Gasteiger partial charge in [0.05, 0.1) is 5.54 Å². The number of rotatable bonds is 2. The Morgan fingerprint density at radius 2 is 1.68 bits per heavy atom. The molecule has 19 heavy (non-hydrogen) atoms. The fraction of sp³-hybridized carbons (Fsp3) is 0.833. The molecule has 0 atom stereocenters. The molecular formula is C12H19N7. The van der Waals surface area contributed by atoms with Crippen LogP contribution in [0.5, 0.6) is 0 Å². The maximum absolute atomic E-state index is 5.35. The van der Waals surface area contributed by atoms with Crippen molar-refractivity contribution in [2.24, 2.45) is 34.2 Å². The standard InChI is InChI=1S/C12H19N7/c13-10(14)15-11-16-18-19(17-11)12-4-7-1-8(5-12)3-9(2-7)6-12/h7-9H,1-6H2,(H4,13,14,15,17). The van der Waals surface area contributed by atoms with E-state index in [0.29, 0.717) is 0 Å². The summed E-state index contributed by atoms with van der Waals surface area (Å²) >= 11 is 0. The molecule has 4 bridgehead atoms.